The van der Waals surface area contributed by atoms with Crippen LogP contribution in [0.5, 0.6) is 0 Å². The van der Waals surface area contributed by atoms with E-state index >= 15 is 0 Å². The van der Waals surface area contributed by atoms with Gasteiger partial charge in [-0.15, -0.1) is 23.1 Å². The summed E-state index contributed by atoms with van der Waals surface area (Å²) < 4.78 is 0. The van der Waals surface area contributed by atoms with Crippen LogP contribution in [0.15, 0.2) is 34.5 Å². The maximum atomic E-state index is 5.81. The first kappa shape index (κ1) is 12.0. The van der Waals surface area contributed by atoms with Crippen LogP contribution in [0.25, 0.3) is 10.6 Å². The van der Waals surface area contributed by atoms with Crippen molar-refractivity contribution in [2.75, 3.05) is 0 Å². The lowest BCUT2D eigenvalue weighted by atomic mass is 10.2. The van der Waals surface area contributed by atoms with Crippen molar-refractivity contribution >= 4 is 34.7 Å². The average Bonchev–Trinajstić information content (AvgIpc) is 2.65. The second-order valence-corrected chi connectivity index (χ2v) is 6.56. The molecule has 0 saturated heterocycles. The highest BCUT2D eigenvalue weighted by atomic mass is 35.5. The molecule has 0 aliphatic heterocycles. The zero-order chi connectivity index (χ0) is 11.5. The molecule has 0 unspecified atom stereocenters. The molecule has 0 aliphatic carbocycles. The van der Waals surface area contributed by atoms with Gasteiger partial charge in [0.1, 0.15) is 10.2 Å². The van der Waals surface area contributed by atoms with Crippen LogP contribution in [0.2, 0.25) is 5.15 Å². The molecular formula is C12H12ClNS2. The summed E-state index contributed by atoms with van der Waals surface area (Å²) in [6.07, 6.45) is 0. The Labute approximate surface area is 109 Å². The van der Waals surface area contributed by atoms with E-state index in [9.17, 15) is 0 Å². The van der Waals surface area contributed by atoms with Crippen LogP contribution in [0, 0.1) is 0 Å². The van der Waals surface area contributed by atoms with Gasteiger partial charge < -0.3 is 0 Å². The Balaban J connectivity index is 2.19. The van der Waals surface area contributed by atoms with E-state index in [2.05, 4.69) is 43.1 Å². The normalized spacial score (nSPS) is 11.0. The van der Waals surface area contributed by atoms with Gasteiger partial charge in [-0.2, -0.15) is 0 Å². The van der Waals surface area contributed by atoms with Gasteiger partial charge in [0.25, 0.3) is 0 Å². The third-order valence-corrected chi connectivity index (χ3v) is 4.18. The van der Waals surface area contributed by atoms with Gasteiger partial charge in [0.2, 0.25) is 0 Å². The van der Waals surface area contributed by atoms with Crippen molar-refractivity contribution in [1.29, 1.82) is 0 Å². The largest absolute Gasteiger partial charge is 0.224 e. The summed E-state index contributed by atoms with van der Waals surface area (Å²) in [5.41, 5.74) is 1.13. The zero-order valence-electron chi connectivity index (χ0n) is 9.11. The number of halogens is 1. The first-order valence-corrected chi connectivity index (χ1v) is 7.17. The molecule has 0 aliphatic rings. The van der Waals surface area contributed by atoms with Crippen molar-refractivity contribution in [1.82, 2.24) is 4.98 Å². The first-order chi connectivity index (χ1) is 7.65. The summed E-state index contributed by atoms with van der Waals surface area (Å²) in [4.78, 5) is 5.54. The Kier molecular flexibility index (Phi) is 3.90. The molecule has 84 valence electrons. The van der Waals surface area contributed by atoms with Gasteiger partial charge in [0.05, 0.1) is 0 Å². The van der Waals surface area contributed by atoms with Gasteiger partial charge in [-0.3, -0.25) is 0 Å². The summed E-state index contributed by atoms with van der Waals surface area (Å²) >= 11 is 9.24. The number of rotatable bonds is 3. The topological polar surface area (TPSA) is 12.9 Å². The van der Waals surface area contributed by atoms with Gasteiger partial charge in [-0.25, -0.2) is 4.98 Å². The molecule has 1 aromatic carbocycles. The molecule has 0 amide bonds. The third-order valence-electron chi connectivity index (χ3n) is 1.95. The summed E-state index contributed by atoms with van der Waals surface area (Å²) in [7, 11) is 0. The molecule has 4 heteroatoms. The van der Waals surface area contributed by atoms with E-state index < -0.39 is 0 Å². The average molecular weight is 270 g/mol. The van der Waals surface area contributed by atoms with Crippen molar-refractivity contribution in [2.45, 2.75) is 24.0 Å². The Morgan fingerprint density at radius 3 is 2.44 bits per heavy atom. The summed E-state index contributed by atoms with van der Waals surface area (Å²) in [6.45, 7) is 4.39. The quantitative estimate of drug-likeness (QED) is 0.730. The molecule has 1 aromatic heterocycles. The number of hydrogen-bond acceptors (Lipinski definition) is 3. The van der Waals surface area contributed by atoms with E-state index in [1.54, 1.807) is 11.3 Å². The second kappa shape index (κ2) is 5.21. The van der Waals surface area contributed by atoms with Crippen molar-refractivity contribution in [3.63, 3.8) is 0 Å². The first-order valence-electron chi connectivity index (χ1n) is 5.03. The molecule has 0 spiro atoms. The number of benzene rings is 1. The lowest BCUT2D eigenvalue weighted by Gasteiger charge is -2.04. The Bertz CT molecular complexity index is 462. The van der Waals surface area contributed by atoms with Crippen LogP contribution in [-0.2, 0) is 0 Å². The fourth-order valence-electron chi connectivity index (χ4n) is 1.33. The van der Waals surface area contributed by atoms with E-state index in [1.165, 1.54) is 4.90 Å². The molecule has 0 N–H and O–H groups in total. The lowest BCUT2D eigenvalue weighted by molar-refractivity contribution is 1.11. The minimum absolute atomic E-state index is 0.570. The fourth-order valence-corrected chi connectivity index (χ4v) is 3.13. The number of nitrogens with zero attached hydrogens (tertiary/aromatic N) is 1. The highest BCUT2D eigenvalue weighted by Crippen LogP contribution is 2.29. The second-order valence-electron chi connectivity index (χ2n) is 3.67. The molecule has 0 fully saturated rings. The Morgan fingerprint density at radius 1 is 1.25 bits per heavy atom. The molecular weight excluding hydrogens is 258 g/mol. The maximum absolute atomic E-state index is 5.81. The van der Waals surface area contributed by atoms with Crippen LogP contribution in [-0.4, -0.2) is 10.2 Å². The summed E-state index contributed by atoms with van der Waals surface area (Å²) in [5, 5.41) is 4.01. The number of aromatic nitrogens is 1. The molecule has 0 saturated carbocycles. The van der Waals surface area contributed by atoms with Crippen LogP contribution in [0.1, 0.15) is 13.8 Å². The minimum Gasteiger partial charge on any atom is -0.224 e. The van der Waals surface area contributed by atoms with Gasteiger partial charge in [0.15, 0.2) is 0 Å². The molecule has 0 atom stereocenters. The van der Waals surface area contributed by atoms with Crippen LogP contribution in [0.4, 0.5) is 0 Å². The predicted octanol–water partition coefficient (Wildman–Crippen LogP) is 4.96. The Morgan fingerprint density at radius 2 is 1.94 bits per heavy atom. The molecule has 16 heavy (non-hydrogen) atoms. The zero-order valence-corrected chi connectivity index (χ0v) is 11.5. The lowest BCUT2D eigenvalue weighted by Crippen LogP contribution is -1.85. The SMILES string of the molecule is CC(C)Sc1ccc(-c2nc(Cl)cs2)cc1. The van der Waals surface area contributed by atoms with E-state index in [-0.39, 0.29) is 0 Å². The fraction of sp³-hybridized carbons (Fsp3) is 0.250. The van der Waals surface area contributed by atoms with Gasteiger partial charge >= 0.3 is 0 Å². The smallest absolute Gasteiger partial charge is 0.140 e. The maximum Gasteiger partial charge on any atom is 0.140 e. The summed E-state index contributed by atoms with van der Waals surface area (Å²) in [5.74, 6) is 0. The number of hydrogen-bond donors (Lipinski definition) is 0. The van der Waals surface area contributed by atoms with Crippen LogP contribution in [0.3, 0.4) is 0 Å². The van der Waals surface area contributed by atoms with E-state index in [0.29, 0.717) is 10.4 Å². The van der Waals surface area contributed by atoms with Crippen LogP contribution >= 0.6 is 34.7 Å². The molecule has 2 rings (SSSR count). The van der Waals surface area contributed by atoms with E-state index in [1.807, 2.05) is 17.1 Å². The van der Waals surface area contributed by atoms with Crippen molar-refractivity contribution in [2.24, 2.45) is 0 Å². The van der Waals surface area contributed by atoms with E-state index in [4.69, 9.17) is 11.6 Å². The van der Waals surface area contributed by atoms with Crippen LogP contribution < -0.4 is 0 Å². The third kappa shape index (κ3) is 3.00. The molecule has 0 radical (unpaired) electrons. The van der Waals surface area contributed by atoms with Gasteiger partial charge in [-0.1, -0.05) is 37.6 Å². The highest BCUT2D eigenvalue weighted by Gasteiger charge is 2.04. The monoisotopic (exact) mass is 269 g/mol. The molecule has 0 bridgehead atoms. The van der Waals surface area contributed by atoms with Crippen molar-refractivity contribution in [3.05, 3.63) is 34.8 Å². The standard InChI is InChI=1S/C12H12ClNS2/c1-8(2)16-10-5-3-9(4-6-10)12-14-11(13)7-15-12/h3-8H,1-2H3. The van der Waals surface area contributed by atoms with Gasteiger partial charge in [0, 0.05) is 21.1 Å². The predicted molar refractivity (Wildman–Crippen MR) is 73.6 cm³/mol. The Hall–Kier alpha value is -0.510. The molecule has 2 aromatic rings. The number of thiazole rings is 1. The molecule has 1 nitrogen and oxygen atoms in total. The van der Waals surface area contributed by atoms with E-state index in [0.717, 1.165) is 10.6 Å². The highest BCUT2D eigenvalue weighted by molar-refractivity contribution is 7.99. The molecule has 1 heterocycles. The van der Waals surface area contributed by atoms with Crippen molar-refractivity contribution in [3.8, 4) is 10.6 Å². The number of thioether (sulfide) groups is 1. The van der Waals surface area contributed by atoms with Crippen molar-refractivity contribution < 1.29 is 0 Å². The summed E-state index contributed by atoms with van der Waals surface area (Å²) in [6, 6.07) is 8.46. The minimum atomic E-state index is 0.570. The van der Waals surface area contributed by atoms with Gasteiger partial charge in [-0.05, 0) is 12.1 Å².